The van der Waals surface area contributed by atoms with Crippen molar-refractivity contribution in [2.75, 3.05) is 20.3 Å². The lowest BCUT2D eigenvalue weighted by Crippen LogP contribution is -2.28. The first kappa shape index (κ1) is 13.6. The quantitative estimate of drug-likeness (QED) is 0.870. The van der Waals surface area contributed by atoms with Gasteiger partial charge in [0, 0.05) is 13.7 Å². The molecule has 0 atom stereocenters. The molecule has 0 saturated carbocycles. The molecule has 6 nitrogen and oxygen atoms in total. The third kappa shape index (κ3) is 2.50. The minimum Gasteiger partial charge on any atom is -0.488 e. The van der Waals surface area contributed by atoms with E-state index in [-0.39, 0.29) is 18.2 Å². The number of hydrogen-bond acceptors (Lipinski definition) is 5. The Hall–Kier alpha value is -2.34. The van der Waals surface area contributed by atoms with Crippen LogP contribution in [0.3, 0.4) is 0 Å². The first-order chi connectivity index (χ1) is 10.2. The number of rotatable bonds is 4. The normalized spacial score (nSPS) is 12.3. The van der Waals surface area contributed by atoms with Crippen molar-refractivity contribution in [3.05, 3.63) is 35.0 Å². The molecular weight excluding hydrogens is 272 g/mol. The SMILES string of the molecule is COCCNC(=O)c1noc2c1COc1ccc(C)cc1-2. The Morgan fingerprint density at radius 2 is 2.33 bits per heavy atom. The Morgan fingerprint density at radius 1 is 1.48 bits per heavy atom. The van der Waals surface area contributed by atoms with Crippen molar-refractivity contribution >= 4 is 5.91 Å². The standard InChI is InChI=1S/C15H16N2O4/c1-9-3-4-12-10(7-9)14-11(8-20-12)13(17-21-14)15(18)16-5-6-19-2/h3-4,7H,5-6,8H2,1-2H3,(H,16,18). The zero-order chi connectivity index (χ0) is 14.8. The van der Waals surface area contributed by atoms with Crippen molar-refractivity contribution in [2.24, 2.45) is 0 Å². The molecule has 0 bridgehead atoms. The van der Waals surface area contributed by atoms with E-state index >= 15 is 0 Å². The number of aryl methyl sites for hydroxylation is 1. The number of aromatic nitrogens is 1. The van der Waals surface area contributed by atoms with Crippen LogP contribution in [0.25, 0.3) is 11.3 Å². The summed E-state index contributed by atoms with van der Waals surface area (Å²) in [5, 5.41) is 6.63. The maximum Gasteiger partial charge on any atom is 0.273 e. The van der Waals surface area contributed by atoms with E-state index in [9.17, 15) is 4.79 Å². The lowest BCUT2D eigenvalue weighted by atomic mass is 10.0. The Kier molecular flexibility index (Phi) is 3.62. The van der Waals surface area contributed by atoms with Gasteiger partial charge in [-0.1, -0.05) is 16.8 Å². The van der Waals surface area contributed by atoms with Gasteiger partial charge in [0.2, 0.25) is 0 Å². The summed E-state index contributed by atoms with van der Waals surface area (Å²) in [6, 6.07) is 5.83. The van der Waals surface area contributed by atoms with E-state index in [1.807, 2.05) is 25.1 Å². The average molecular weight is 288 g/mol. The highest BCUT2D eigenvalue weighted by molar-refractivity contribution is 5.95. The zero-order valence-corrected chi connectivity index (χ0v) is 11.9. The van der Waals surface area contributed by atoms with Gasteiger partial charge < -0.3 is 19.3 Å². The van der Waals surface area contributed by atoms with Crippen LogP contribution < -0.4 is 10.1 Å². The fourth-order valence-electron chi connectivity index (χ4n) is 2.28. The van der Waals surface area contributed by atoms with Crippen molar-refractivity contribution in [3.8, 4) is 17.1 Å². The summed E-state index contributed by atoms with van der Waals surface area (Å²) < 4.78 is 15.9. The van der Waals surface area contributed by atoms with E-state index in [1.54, 1.807) is 7.11 Å². The topological polar surface area (TPSA) is 73.6 Å². The van der Waals surface area contributed by atoms with E-state index in [1.165, 1.54) is 0 Å². The predicted octanol–water partition coefficient (Wildman–Crippen LogP) is 1.92. The summed E-state index contributed by atoms with van der Waals surface area (Å²) in [6.07, 6.45) is 0. The minimum absolute atomic E-state index is 0.272. The van der Waals surface area contributed by atoms with Crippen LogP contribution >= 0.6 is 0 Å². The van der Waals surface area contributed by atoms with Crippen LogP contribution in [0.15, 0.2) is 22.7 Å². The van der Waals surface area contributed by atoms with Gasteiger partial charge in [-0.15, -0.1) is 0 Å². The number of hydrogen-bond donors (Lipinski definition) is 1. The first-order valence-corrected chi connectivity index (χ1v) is 6.70. The van der Waals surface area contributed by atoms with Gasteiger partial charge in [-0.3, -0.25) is 4.79 Å². The first-order valence-electron chi connectivity index (χ1n) is 6.70. The van der Waals surface area contributed by atoms with Crippen molar-refractivity contribution in [2.45, 2.75) is 13.5 Å². The maximum atomic E-state index is 12.1. The molecule has 6 heteroatoms. The summed E-state index contributed by atoms with van der Waals surface area (Å²) in [7, 11) is 1.58. The third-order valence-electron chi connectivity index (χ3n) is 3.35. The fraction of sp³-hybridized carbons (Fsp3) is 0.333. The number of carbonyl (C=O) groups excluding carboxylic acids is 1. The van der Waals surface area contributed by atoms with Gasteiger partial charge in [0.15, 0.2) is 11.5 Å². The van der Waals surface area contributed by atoms with Gasteiger partial charge in [-0.25, -0.2) is 0 Å². The molecule has 0 radical (unpaired) electrons. The second-order valence-electron chi connectivity index (χ2n) is 4.88. The molecule has 0 fully saturated rings. The third-order valence-corrected chi connectivity index (χ3v) is 3.35. The van der Waals surface area contributed by atoms with Gasteiger partial charge in [0.05, 0.1) is 17.7 Å². The number of carbonyl (C=O) groups is 1. The molecule has 1 aromatic heterocycles. The smallest absolute Gasteiger partial charge is 0.273 e. The van der Waals surface area contributed by atoms with Crippen LogP contribution in [0.1, 0.15) is 21.6 Å². The molecule has 0 saturated heterocycles. The van der Waals surface area contributed by atoms with Gasteiger partial charge >= 0.3 is 0 Å². The van der Waals surface area contributed by atoms with E-state index in [2.05, 4.69) is 10.5 Å². The molecular formula is C15H16N2O4. The van der Waals surface area contributed by atoms with Gasteiger partial charge in [-0.2, -0.15) is 0 Å². The van der Waals surface area contributed by atoms with Crippen LogP contribution in [0.5, 0.6) is 5.75 Å². The molecule has 1 aliphatic heterocycles. The summed E-state index contributed by atoms with van der Waals surface area (Å²) in [6.45, 7) is 3.14. The number of nitrogens with zero attached hydrogens (tertiary/aromatic N) is 1. The summed E-state index contributed by atoms with van der Waals surface area (Å²) in [5.74, 6) is 1.07. The Morgan fingerprint density at radius 3 is 3.14 bits per heavy atom. The van der Waals surface area contributed by atoms with E-state index < -0.39 is 0 Å². The molecule has 1 aromatic carbocycles. The van der Waals surface area contributed by atoms with Crippen molar-refractivity contribution < 1.29 is 18.8 Å². The van der Waals surface area contributed by atoms with E-state index in [0.717, 1.165) is 16.9 Å². The van der Waals surface area contributed by atoms with Crippen LogP contribution in [0.2, 0.25) is 0 Å². The van der Waals surface area contributed by atoms with Gasteiger partial charge in [0.1, 0.15) is 12.4 Å². The largest absolute Gasteiger partial charge is 0.488 e. The summed E-state index contributed by atoms with van der Waals surface area (Å²) in [4.78, 5) is 12.1. The van der Waals surface area contributed by atoms with Crippen LogP contribution in [-0.4, -0.2) is 31.3 Å². The molecule has 3 rings (SSSR count). The number of nitrogens with one attached hydrogen (secondary N) is 1. The Bertz CT molecular complexity index is 678. The fourth-order valence-corrected chi connectivity index (χ4v) is 2.28. The molecule has 21 heavy (non-hydrogen) atoms. The summed E-state index contributed by atoms with van der Waals surface area (Å²) >= 11 is 0. The minimum atomic E-state index is -0.281. The molecule has 1 amide bonds. The number of amides is 1. The molecule has 0 unspecified atom stereocenters. The van der Waals surface area contributed by atoms with Crippen molar-refractivity contribution in [1.82, 2.24) is 10.5 Å². The molecule has 0 aliphatic carbocycles. The highest BCUT2D eigenvalue weighted by Gasteiger charge is 2.28. The van der Waals surface area contributed by atoms with Crippen LogP contribution in [-0.2, 0) is 11.3 Å². The molecule has 2 aromatic rings. The lowest BCUT2D eigenvalue weighted by molar-refractivity contribution is 0.0926. The Labute approximate surface area is 122 Å². The lowest BCUT2D eigenvalue weighted by Gasteiger charge is -2.16. The van der Waals surface area contributed by atoms with Crippen LogP contribution in [0, 0.1) is 6.92 Å². The number of benzene rings is 1. The number of ether oxygens (including phenoxy) is 2. The molecule has 2 heterocycles. The monoisotopic (exact) mass is 288 g/mol. The van der Waals surface area contributed by atoms with Gasteiger partial charge in [0.25, 0.3) is 5.91 Å². The molecule has 1 N–H and O–H groups in total. The predicted molar refractivity (Wildman–Crippen MR) is 75.2 cm³/mol. The van der Waals surface area contributed by atoms with Crippen molar-refractivity contribution in [3.63, 3.8) is 0 Å². The summed E-state index contributed by atoms with van der Waals surface area (Å²) in [5.41, 5.74) is 2.88. The molecule has 0 spiro atoms. The maximum absolute atomic E-state index is 12.1. The van der Waals surface area contributed by atoms with Crippen molar-refractivity contribution in [1.29, 1.82) is 0 Å². The zero-order valence-electron chi connectivity index (χ0n) is 11.9. The van der Waals surface area contributed by atoms with Gasteiger partial charge in [-0.05, 0) is 19.1 Å². The molecule has 110 valence electrons. The molecule has 1 aliphatic rings. The Balaban J connectivity index is 1.90. The van der Waals surface area contributed by atoms with Crippen LogP contribution in [0.4, 0.5) is 0 Å². The van der Waals surface area contributed by atoms with E-state index in [0.29, 0.717) is 24.5 Å². The average Bonchev–Trinajstić information content (AvgIpc) is 2.91. The highest BCUT2D eigenvalue weighted by Crippen LogP contribution is 2.39. The number of fused-ring (bicyclic) bond motifs is 3. The second-order valence-corrected chi connectivity index (χ2v) is 4.88. The second kappa shape index (κ2) is 5.57. The van der Waals surface area contributed by atoms with E-state index in [4.69, 9.17) is 14.0 Å². The number of methoxy groups -OCH3 is 1. The highest BCUT2D eigenvalue weighted by atomic mass is 16.5.